The second kappa shape index (κ2) is 18.5. The van der Waals surface area contributed by atoms with Crippen molar-refractivity contribution in [2.24, 2.45) is 0 Å². The molecule has 53 heavy (non-hydrogen) atoms. The Morgan fingerprint density at radius 2 is 1.51 bits per heavy atom. The predicted molar refractivity (Wildman–Crippen MR) is 206 cm³/mol. The number of aromatic amines is 1. The van der Waals surface area contributed by atoms with Crippen LogP contribution < -0.4 is 20.7 Å². The van der Waals surface area contributed by atoms with Crippen molar-refractivity contribution < 1.29 is 28.0 Å². The van der Waals surface area contributed by atoms with Gasteiger partial charge in [0, 0.05) is 24.7 Å². The van der Waals surface area contributed by atoms with E-state index in [1.165, 1.54) is 10.8 Å². The van der Waals surface area contributed by atoms with E-state index in [0.29, 0.717) is 11.5 Å². The first kappa shape index (κ1) is 40.3. The minimum Gasteiger partial charge on any atom is -0.497 e. The molecule has 3 aromatic carbocycles. The van der Waals surface area contributed by atoms with Gasteiger partial charge in [-0.25, -0.2) is 9.46 Å². The Hall–Kier alpha value is -3.86. The van der Waals surface area contributed by atoms with Crippen LogP contribution in [0.1, 0.15) is 63.5 Å². The minimum absolute atomic E-state index is 0.0259. The molecule has 282 valence electrons. The fourth-order valence-corrected chi connectivity index (χ4v) is 8.58. The molecule has 4 aromatic rings. The number of hydrogen-bond acceptors (Lipinski definition) is 10. The van der Waals surface area contributed by atoms with Gasteiger partial charge in [0.1, 0.15) is 29.4 Å². The summed E-state index contributed by atoms with van der Waals surface area (Å²) in [6.07, 6.45) is -0.248. The molecule has 1 fully saturated rings. The fourth-order valence-electron chi connectivity index (χ4n) is 6.50. The largest absolute Gasteiger partial charge is 0.497 e. The maximum atomic E-state index is 13.1. The standard InChI is InChI=1S/C39H46BrN4O8P/c1-26(2)44(27(3)4)53(50-22-10-21-41)52-34-23-36(43-24-33(40)37(45)42-38(43)46)51-35(34)25-49-39(28-11-8-7-9-12-28,29-13-17-31(47-5)18-14-29)30-15-19-32(48-6)20-16-30/h7-9,11-20,24,26-27,34-36H,10,22-23,25H2,1-6H3,(H,42,45,46)/t34-,35+,36+,53?/m0/s1. The molecule has 14 heteroatoms. The molecule has 0 spiro atoms. The summed E-state index contributed by atoms with van der Waals surface area (Å²) in [7, 11) is 1.57. The highest BCUT2D eigenvalue weighted by atomic mass is 79.9. The van der Waals surface area contributed by atoms with Crippen molar-refractivity contribution in [3.05, 3.63) is 127 Å². The van der Waals surface area contributed by atoms with Gasteiger partial charge in [-0.1, -0.05) is 54.6 Å². The molecule has 1 unspecified atom stereocenters. The van der Waals surface area contributed by atoms with Crippen molar-refractivity contribution in [3.8, 4) is 17.6 Å². The predicted octanol–water partition coefficient (Wildman–Crippen LogP) is 7.27. The quantitative estimate of drug-likeness (QED) is 0.0659. The highest BCUT2D eigenvalue weighted by molar-refractivity contribution is 9.10. The van der Waals surface area contributed by atoms with Gasteiger partial charge < -0.3 is 28.0 Å². The van der Waals surface area contributed by atoms with Crippen LogP contribution in [0.25, 0.3) is 0 Å². The molecule has 1 aliphatic rings. The highest BCUT2D eigenvalue weighted by Crippen LogP contribution is 2.50. The molecule has 1 aliphatic heterocycles. The van der Waals surface area contributed by atoms with Crippen LogP contribution in [0.5, 0.6) is 11.5 Å². The summed E-state index contributed by atoms with van der Waals surface area (Å²) in [4.78, 5) is 27.7. The molecule has 0 radical (unpaired) electrons. The molecule has 4 atom stereocenters. The number of hydrogen-bond donors (Lipinski definition) is 1. The number of halogens is 1. The number of rotatable bonds is 17. The number of aromatic nitrogens is 2. The third-order valence-electron chi connectivity index (χ3n) is 8.94. The molecule has 1 saturated heterocycles. The summed E-state index contributed by atoms with van der Waals surface area (Å²) in [6, 6.07) is 27.7. The van der Waals surface area contributed by atoms with Gasteiger partial charge in [-0.15, -0.1) is 0 Å². The van der Waals surface area contributed by atoms with E-state index in [0.717, 1.165) is 16.7 Å². The van der Waals surface area contributed by atoms with Crippen molar-refractivity contribution in [1.82, 2.24) is 14.2 Å². The summed E-state index contributed by atoms with van der Waals surface area (Å²) in [5, 5.41) is 9.29. The van der Waals surface area contributed by atoms with Crippen LogP contribution in [0, 0.1) is 11.3 Å². The summed E-state index contributed by atoms with van der Waals surface area (Å²) < 4.78 is 41.7. The van der Waals surface area contributed by atoms with Crippen LogP contribution in [0.15, 0.2) is 99.1 Å². The number of H-pyrrole nitrogens is 1. The molecular formula is C39H46BrN4O8P. The highest BCUT2D eigenvalue weighted by Gasteiger charge is 2.45. The van der Waals surface area contributed by atoms with Gasteiger partial charge in [0.25, 0.3) is 14.1 Å². The van der Waals surface area contributed by atoms with Crippen LogP contribution in [-0.2, 0) is 24.1 Å². The van der Waals surface area contributed by atoms with Gasteiger partial charge in [0.05, 0.1) is 50.5 Å². The smallest absolute Gasteiger partial charge is 0.330 e. The molecule has 1 aromatic heterocycles. The van der Waals surface area contributed by atoms with Crippen molar-refractivity contribution >= 4 is 24.5 Å². The number of nitrogens with zero attached hydrogens (tertiary/aromatic N) is 3. The first-order valence-electron chi connectivity index (χ1n) is 17.4. The Balaban J connectivity index is 1.60. The van der Waals surface area contributed by atoms with E-state index < -0.39 is 43.8 Å². The number of benzene rings is 3. The summed E-state index contributed by atoms with van der Waals surface area (Å²) in [6.45, 7) is 8.48. The topological polar surface area (TPSA) is 137 Å². The molecule has 0 aliphatic carbocycles. The molecule has 12 nitrogen and oxygen atoms in total. The third-order valence-corrected chi connectivity index (χ3v) is 11.7. The van der Waals surface area contributed by atoms with Crippen LogP contribution in [-0.4, -0.2) is 65.9 Å². The zero-order valence-electron chi connectivity index (χ0n) is 30.7. The first-order valence-corrected chi connectivity index (χ1v) is 19.3. The van der Waals surface area contributed by atoms with Crippen LogP contribution in [0.2, 0.25) is 0 Å². The number of nitriles is 1. The van der Waals surface area contributed by atoms with Crippen molar-refractivity contribution in [2.75, 3.05) is 27.4 Å². The summed E-state index contributed by atoms with van der Waals surface area (Å²) >= 11 is 3.26. The lowest BCUT2D eigenvalue weighted by Crippen LogP contribution is -2.39. The van der Waals surface area contributed by atoms with E-state index in [1.807, 2.05) is 78.9 Å². The molecule has 5 rings (SSSR count). The van der Waals surface area contributed by atoms with Crippen LogP contribution in [0.4, 0.5) is 0 Å². The van der Waals surface area contributed by atoms with E-state index >= 15 is 0 Å². The summed E-state index contributed by atoms with van der Waals surface area (Å²) in [5.74, 6) is 1.39. The van der Waals surface area contributed by atoms with E-state index in [-0.39, 0.29) is 42.6 Å². The van der Waals surface area contributed by atoms with Gasteiger partial charge in [-0.3, -0.25) is 14.3 Å². The van der Waals surface area contributed by atoms with Gasteiger partial charge in [-0.2, -0.15) is 5.26 Å². The van der Waals surface area contributed by atoms with Crippen molar-refractivity contribution in [1.29, 1.82) is 5.26 Å². The lowest BCUT2D eigenvalue weighted by molar-refractivity contribution is -0.0926. The maximum Gasteiger partial charge on any atom is 0.330 e. The molecule has 0 saturated carbocycles. The third kappa shape index (κ3) is 9.27. The Morgan fingerprint density at radius 3 is 2.04 bits per heavy atom. The average Bonchev–Trinajstić information content (AvgIpc) is 3.56. The second-order valence-corrected chi connectivity index (χ2v) is 15.3. The minimum atomic E-state index is -1.68. The van der Waals surface area contributed by atoms with Crippen LogP contribution in [0.3, 0.4) is 0 Å². The Labute approximate surface area is 319 Å². The van der Waals surface area contributed by atoms with E-state index in [9.17, 15) is 14.9 Å². The Kier molecular flexibility index (Phi) is 14.0. The monoisotopic (exact) mass is 808 g/mol. The van der Waals surface area contributed by atoms with Gasteiger partial charge in [0.2, 0.25) is 0 Å². The zero-order chi connectivity index (χ0) is 38.1. The SMILES string of the molecule is COc1ccc(C(OC[C@H]2O[C@@H](n3cc(Br)c(=O)[nH]c3=O)C[C@@H]2OP(OCCC#N)N(C(C)C)C(C)C)(c2ccccc2)c2ccc(OC)cc2)cc1. The van der Waals surface area contributed by atoms with E-state index in [2.05, 4.69) is 59.3 Å². The molecule has 2 heterocycles. The van der Waals surface area contributed by atoms with Crippen molar-refractivity contribution in [3.63, 3.8) is 0 Å². The lowest BCUT2D eigenvalue weighted by Gasteiger charge is -2.39. The number of methoxy groups -OCH3 is 2. The van der Waals surface area contributed by atoms with E-state index in [4.69, 9.17) is 28.0 Å². The molecule has 0 amide bonds. The normalized spacial score (nSPS) is 18.0. The van der Waals surface area contributed by atoms with Gasteiger partial charge in [-0.05, 0) is 84.6 Å². The average molecular weight is 810 g/mol. The van der Waals surface area contributed by atoms with Gasteiger partial charge in [0.15, 0.2) is 0 Å². The molecule has 0 bridgehead atoms. The first-order chi connectivity index (χ1) is 25.5. The Bertz CT molecular complexity index is 1880. The van der Waals surface area contributed by atoms with Crippen molar-refractivity contribution in [2.45, 2.75) is 76.7 Å². The maximum absolute atomic E-state index is 13.1. The fraction of sp³-hybridized carbons (Fsp3) is 0.410. The zero-order valence-corrected chi connectivity index (χ0v) is 33.2. The number of nitrogens with one attached hydrogen (secondary N) is 1. The van der Waals surface area contributed by atoms with E-state index in [1.54, 1.807) is 14.2 Å². The second-order valence-electron chi connectivity index (χ2n) is 13.0. The molecule has 1 N–H and O–H groups in total. The van der Waals surface area contributed by atoms with Crippen LogP contribution >= 0.6 is 24.5 Å². The lowest BCUT2D eigenvalue weighted by atomic mass is 9.80. The summed E-state index contributed by atoms with van der Waals surface area (Å²) in [5.41, 5.74) is 0.265. The van der Waals surface area contributed by atoms with Gasteiger partial charge >= 0.3 is 5.69 Å². The Morgan fingerprint density at radius 1 is 0.943 bits per heavy atom. The molecular weight excluding hydrogens is 763 g/mol. The number of ether oxygens (including phenoxy) is 4.